The van der Waals surface area contributed by atoms with Crippen molar-refractivity contribution in [2.24, 2.45) is 0 Å². The Balaban J connectivity index is 2.14. The Kier molecular flexibility index (Phi) is 6.18. The topological polar surface area (TPSA) is 38.3 Å². The quantitative estimate of drug-likeness (QED) is 0.826. The molecular formula is C21H26FNO2. The van der Waals surface area contributed by atoms with Crippen molar-refractivity contribution in [3.8, 4) is 5.75 Å². The Morgan fingerprint density at radius 1 is 1.12 bits per heavy atom. The van der Waals surface area contributed by atoms with Crippen LogP contribution in [0, 0.1) is 12.7 Å². The van der Waals surface area contributed by atoms with Gasteiger partial charge < -0.3 is 10.1 Å². The number of benzene rings is 2. The molecule has 0 aliphatic heterocycles. The number of methoxy groups -OCH3 is 1. The third kappa shape index (κ3) is 4.81. The molecule has 3 nitrogen and oxygen atoms in total. The monoisotopic (exact) mass is 343 g/mol. The fraction of sp³-hybridized carbons (Fsp3) is 0.381. The van der Waals surface area contributed by atoms with E-state index in [2.05, 4.69) is 25.2 Å². The number of carbonyl (C=O) groups excluding carboxylic acids is 1. The van der Waals surface area contributed by atoms with Crippen molar-refractivity contribution < 1.29 is 13.9 Å². The normalized spacial score (nSPS) is 12.1. The Labute approximate surface area is 149 Å². The number of amides is 1. The van der Waals surface area contributed by atoms with E-state index in [0.717, 1.165) is 28.0 Å². The molecule has 2 rings (SSSR count). The van der Waals surface area contributed by atoms with E-state index in [-0.39, 0.29) is 24.2 Å². The molecule has 0 unspecified atom stereocenters. The summed E-state index contributed by atoms with van der Waals surface area (Å²) in [5, 5.41) is 3.03. The summed E-state index contributed by atoms with van der Waals surface area (Å²) in [4.78, 5) is 12.3. The Morgan fingerprint density at radius 3 is 2.32 bits per heavy atom. The smallest absolute Gasteiger partial charge is 0.224 e. The highest BCUT2D eigenvalue weighted by Gasteiger charge is 2.17. The molecular weight excluding hydrogens is 317 g/mol. The summed E-state index contributed by atoms with van der Waals surface area (Å²) >= 11 is 0. The summed E-state index contributed by atoms with van der Waals surface area (Å²) in [6, 6.07) is 10.0. The number of aryl methyl sites for hydroxylation is 1. The van der Waals surface area contributed by atoms with Crippen LogP contribution in [0.25, 0.3) is 0 Å². The Hall–Kier alpha value is -2.36. The molecule has 2 aromatic rings. The number of nitrogens with one attached hydrogen (secondary N) is 1. The first-order valence-electron chi connectivity index (χ1n) is 8.54. The van der Waals surface area contributed by atoms with E-state index in [4.69, 9.17) is 4.74 Å². The van der Waals surface area contributed by atoms with Crippen LogP contribution in [0.1, 0.15) is 55.0 Å². The highest BCUT2D eigenvalue weighted by Crippen LogP contribution is 2.32. The van der Waals surface area contributed by atoms with Crippen LogP contribution < -0.4 is 10.1 Å². The number of rotatable bonds is 6. The van der Waals surface area contributed by atoms with Crippen molar-refractivity contribution in [2.75, 3.05) is 7.11 Å². The van der Waals surface area contributed by atoms with Crippen LogP contribution in [0.2, 0.25) is 0 Å². The van der Waals surface area contributed by atoms with Gasteiger partial charge in [-0.3, -0.25) is 4.79 Å². The van der Waals surface area contributed by atoms with Crippen molar-refractivity contribution >= 4 is 5.91 Å². The van der Waals surface area contributed by atoms with E-state index in [1.165, 1.54) is 12.1 Å². The molecule has 1 amide bonds. The van der Waals surface area contributed by atoms with Crippen LogP contribution in [0.15, 0.2) is 36.4 Å². The van der Waals surface area contributed by atoms with Gasteiger partial charge in [-0.05, 0) is 66.3 Å². The molecule has 1 N–H and O–H groups in total. The summed E-state index contributed by atoms with van der Waals surface area (Å²) in [6.45, 7) is 8.23. The van der Waals surface area contributed by atoms with Gasteiger partial charge in [-0.25, -0.2) is 4.39 Å². The molecule has 0 heterocycles. The minimum Gasteiger partial charge on any atom is -0.496 e. The lowest BCUT2D eigenvalue weighted by molar-refractivity contribution is -0.121. The maximum absolute atomic E-state index is 13.0. The lowest BCUT2D eigenvalue weighted by atomic mass is 9.93. The fourth-order valence-corrected chi connectivity index (χ4v) is 2.97. The van der Waals surface area contributed by atoms with Gasteiger partial charge in [0, 0.05) is 0 Å². The van der Waals surface area contributed by atoms with E-state index in [0.29, 0.717) is 5.92 Å². The summed E-state index contributed by atoms with van der Waals surface area (Å²) in [5.41, 5.74) is 4.08. The number of halogens is 1. The van der Waals surface area contributed by atoms with Crippen LogP contribution in [0.5, 0.6) is 5.75 Å². The second-order valence-electron chi connectivity index (χ2n) is 6.70. The minimum absolute atomic E-state index is 0.0829. The molecule has 1 atom stereocenters. The number of carbonyl (C=O) groups is 1. The summed E-state index contributed by atoms with van der Waals surface area (Å²) in [6.07, 6.45) is 0.233. The molecule has 0 aliphatic rings. The van der Waals surface area contributed by atoms with E-state index < -0.39 is 0 Å². The fourth-order valence-electron chi connectivity index (χ4n) is 2.97. The van der Waals surface area contributed by atoms with Gasteiger partial charge in [0.15, 0.2) is 0 Å². The Morgan fingerprint density at radius 2 is 1.76 bits per heavy atom. The zero-order valence-electron chi connectivity index (χ0n) is 15.5. The summed E-state index contributed by atoms with van der Waals surface area (Å²) in [5.74, 6) is 0.825. The van der Waals surface area contributed by atoms with Gasteiger partial charge >= 0.3 is 0 Å². The number of hydrogen-bond donors (Lipinski definition) is 1. The first-order chi connectivity index (χ1) is 11.8. The number of ether oxygens (including phenoxy) is 1. The summed E-state index contributed by atoms with van der Waals surface area (Å²) < 4.78 is 18.4. The Bertz CT molecular complexity index is 738. The molecule has 0 radical (unpaired) electrons. The molecule has 0 aromatic heterocycles. The molecule has 2 aromatic carbocycles. The minimum atomic E-state index is -0.299. The molecule has 4 heteroatoms. The van der Waals surface area contributed by atoms with Crippen molar-refractivity contribution in [3.05, 3.63) is 64.5 Å². The molecule has 0 bridgehead atoms. The van der Waals surface area contributed by atoms with Crippen molar-refractivity contribution in [1.82, 2.24) is 5.32 Å². The van der Waals surface area contributed by atoms with Crippen molar-refractivity contribution in [2.45, 2.75) is 46.1 Å². The number of hydrogen-bond acceptors (Lipinski definition) is 2. The van der Waals surface area contributed by atoms with Gasteiger partial charge in [-0.2, -0.15) is 0 Å². The van der Waals surface area contributed by atoms with Gasteiger partial charge in [-0.15, -0.1) is 0 Å². The van der Waals surface area contributed by atoms with Gasteiger partial charge in [0.2, 0.25) is 5.91 Å². The highest BCUT2D eigenvalue weighted by atomic mass is 19.1. The highest BCUT2D eigenvalue weighted by molar-refractivity contribution is 5.79. The van der Waals surface area contributed by atoms with Crippen LogP contribution in [0.3, 0.4) is 0 Å². The molecule has 0 saturated heterocycles. The van der Waals surface area contributed by atoms with E-state index in [1.807, 2.05) is 19.9 Å². The summed E-state index contributed by atoms with van der Waals surface area (Å²) in [7, 11) is 1.67. The SMILES string of the molecule is COc1cc(C)c([C@H](C)NC(=O)Cc2ccc(F)cc2)cc1C(C)C. The average Bonchev–Trinajstić information content (AvgIpc) is 2.56. The maximum Gasteiger partial charge on any atom is 0.224 e. The average molecular weight is 343 g/mol. The molecule has 0 spiro atoms. The van der Waals surface area contributed by atoms with Crippen LogP contribution >= 0.6 is 0 Å². The molecule has 25 heavy (non-hydrogen) atoms. The van der Waals surface area contributed by atoms with Gasteiger partial charge in [0.25, 0.3) is 0 Å². The second kappa shape index (κ2) is 8.15. The van der Waals surface area contributed by atoms with Crippen molar-refractivity contribution in [1.29, 1.82) is 0 Å². The predicted molar refractivity (Wildman–Crippen MR) is 98.5 cm³/mol. The lowest BCUT2D eigenvalue weighted by Crippen LogP contribution is -2.28. The molecule has 0 saturated carbocycles. The van der Waals surface area contributed by atoms with Gasteiger partial charge in [0.05, 0.1) is 19.6 Å². The van der Waals surface area contributed by atoms with Crippen LogP contribution in [-0.4, -0.2) is 13.0 Å². The second-order valence-corrected chi connectivity index (χ2v) is 6.70. The van der Waals surface area contributed by atoms with Gasteiger partial charge in [0.1, 0.15) is 11.6 Å². The third-order valence-electron chi connectivity index (χ3n) is 4.36. The van der Waals surface area contributed by atoms with Gasteiger partial charge in [-0.1, -0.05) is 26.0 Å². The van der Waals surface area contributed by atoms with Crippen molar-refractivity contribution in [3.63, 3.8) is 0 Å². The molecule has 134 valence electrons. The third-order valence-corrected chi connectivity index (χ3v) is 4.36. The largest absolute Gasteiger partial charge is 0.496 e. The molecule has 0 aliphatic carbocycles. The van der Waals surface area contributed by atoms with E-state index >= 15 is 0 Å². The molecule has 0 fully saturated rings. The van der Waals surface area contributed by atoms with E-state index in [1.54, 1.807) is 19.2 Å². The zero-order valence-corrected chi connectivity index (χ0v) is 15.5. The van der Waals surface area contributed by atoms with Crippen LogP contribution in [-0.2, 0) is 11.2 Å². The maximum atomic E-state index is 13.0. The first kappa shape index (κ1) is 19.0. The first-order valence-corrected chi connectivity index (χ1v) is 8.54. The predicted octanol–water partition coefficient (Wildman–Crippen LogP) is 4.69. The lowest BCUT2D eigenvalue weighted by Gasteiger charge is -2.21. The van der Waals surface area contributed by atoms with E-state index in [9.17, 15) is 9.18 Å². The van der Waals surface area contributed by atoms with Crippen LogP contribution in [0.4, 0.5) is 4.39 Å². The standard InChI is InChI=1S/C21H26FNO2/c1-13(2)18-12-19(14(3)10-20(18)25-5)15(4)23-21(24)11-16-6-8-17(22)9-7-16/h6-10,12-13,15H,11H2,1-5H3,(H,23,24)/t15-/m0/s1. The zero-order chi connectivity index (χ0) is 18.6.